The van der Waals surface area contributed by atoms with E-state index < -0.39 is 11.9 Å². The number of carbonyl (C=O) groups is 2. The molecule has 1 unspecified atom stereocenters. The van der Waals surface area contributed by atoms with Crippen LogP contribution in [0.3, 0.4) is 0 Å². The van der Waals surface area contributed by atoms with Gasteiger partial charge in [-0.25, -0.2) is 0 Å². The fraction of sp³-hybridized carbons (Fsp3) is 0.385. The second-order valence-corrected chi connectivity index (χ2v) is 3.61. The van der Waals surface area contributed by atoms with Crippen molar-refractivity contribution in [2.75, 3.05) is 7.11 Å². The van der Waals surface area contributed by atoms with Crippen LogP contribution in [-0.2, 0) is 20.7 Å². The van der Waals surface area contributed by atoms with Crippen molar-refractivity contribution >= 4 is 11.8 Å². The predicted molar refractivity (Wildman–Crippen MR) is 61.0 cm³/mol. The van der Waals surface area contributed by atoms with E-state index in [1.165, 1.54) is 7.11 Å². The molecule has 1 rings (SSSR count). The third-order valence-electron chi connectivity index (χ3n) is 2.50. The van der Waals surface area contributed by atoms with E-state index in [0.717, 1.165) is 5.56 Å². The van der Waals surface area contributed by atoms with Crippen molar-refractivity contribution in [1.29, 1.82) is 0 Å². The van der Waals surface area contributed by atoms with Gasteiger partial charge in [0.15, 0.2) is 5.78 Å². The van der Waals surface area contributed by atoms with Crippen molar-refractivity contribution in [2.45, 2.75) is 19.8 Å². The van der Waals surface area contributed by atoms with Crippen LogP contribution in [0.25, 0.3) is 0 Å². The van der Waals surface area contributed by atoms with Crippen LogP contribution in [0.4, 0.5) is 0 Å². The van der Waals surface area contributed by atoms with Gasteiger partial charge in [-0.3, -0.25) is 9.59 Å². The highest BCUT2D eigenvalue weighted by Crippen LogP contribution is 2.11. The number of ether oxygens (including phenoxy) is 1. The molecule has 0 aromatic heterocycles. The first-order chi connectivity index (χ1) is 7.69. The minimum Gasteiger partial charge on any atom is -0.468 e. The number of rotatable bonds is 5. The SMILES string of the molecule is CCC(C(=O)Cc1ccccc1)C(=O)OC. The Morgan fingerprint density at radius 1 is 1.25 bits per heavy atom. The van der Waals surface area contributed by atoms with Crippen LogP contribution in [0.15, 0.2) is 30.3 Å². The van der Waals surface area contributed by atoms with Crippen LogP contribution < -0.4 is 0 Å². The zero-order valence-corrected chi connectivity index (χ0v) is 9.60. The summed E-state index contributed by atoms with van der Waals surface area (Å²) in [5.41, 5.74) is 0.926. The molecule has 1 aromatic carbocycles. The monoisotopic (exact) mass is 220 g/mol. The predicted octanol–water partition coefficient (Wildman–Crippen LogP) is 2.00. The lowest BCUT2D eigenvalue weighted by molar-refractivity contribution is -0.149. The summed E-state index contributed by atoms with van der Waals surface area (Å²) in [4.78, 5) is 23.2. The third-order valence-corrected chi connectivity index (χ3v) is 2.50. The zero-order chi connectivity index (χ0) is 12.0. The van der Waals surface area contributed by atoms with E-state index in [1.807, 2.05) is 37.3 Å². The standard InChI is InChI=1S/C13H16O3/c1-3-11(13(15)16-2)12(14)9-10-7-5-4-6-8-10/h4-8,11H,3,9H2,1-2H3. The molecular weight excluding hydrogens is 204 g/mol. The lowest BCUT2D eigenvalue weighted by atomic mass is 9.96. The lowest BCUT2D eigenvalue weighted by Crippen LogP contribution is -2.26. The highest BCUT2D eigenvalue weighted by Gasteiger charge is 2.25. The second kappa shape index (κ2) is 6.05. The van der Waals surface area contributed by atoms with Crippen LogP contribution in [0.5, 0.6) is 0 Å². The van der Waals surface area contributed by atoms with Crippen molar-refractivity contribution in [1.82, 2.24) is 0 Å². The zero-order valence-electron chi connectivity index (χ0n) is 9.60. The summed E-state index contributed by atoms with van der Waals surface area (Å²) in [5, 5.41) is 0. The molecule has 0 fully saturated rings. The first kappa shape index (κ1) is 12.4. The van der Waals surface area contributed by atoms with Crippen molar-refractivity contribution in [3.63, 3.8) is 0 Å². The second-order valence-electron chi connectivity index (χ2n) is 3.61. The third kappa shape index (κ3) is 3.19. The Hall–Kier alpha value is -1.64. The quantitative estimate of drug-likeness (QED) is 0.563. The molecule has 3 heteroatoms. The van der Waals surface area contributed by atoms with Crippen LogP contribution in [-0.4, -0.2) is 18.9 Å². The highest BCUT2D eigenvalue weighted by atomic mass is 16.5. The summed E-state index contributed by atoms with van der Waals surface area (Å²) in [5.74, 6) is -1.16. The maximum atomic E-state index is 11.8. The van der Waals surface area contributed by atoms with Gasteiger partial charge in [0, 0.05) is 6.42 Å². The number of carbonyl (C=O) groups excluding carboxylic acids is 2. The number of Topliss-reactive ketones (excluding diaryl/α,β-unsaturated/α-hetero) is 1. The minimum atomic E-state index is -0.634. The number of benzene rings is 1. The molecule has 0 aliphatic carbocycles. The van der Waals surface area contributed by atoms with E-state index >= 15 is 0 Å². The molecule has 0 radical (unpaired) electrons. The molecule has 0 amide bonds. The molecule has 0 bridgehead atoms. The Kier molecular flexibility index (Phi) is 4.70. The summed E-state index contributed by atoms with van der Waals surface area (Å²) in [7, 11) is 1.31. The number of esters is 1. The van der Waals surface area contributed by atoms with Gasteiger partial charge in [-0.2, -0.15) is 0 Å². The van der Waals surface area contributed by atoms with Crippen molar-refractivity contribution in [3.05, 3.63) is 35.9 Å². The Morgan fingerprint density at radius 2 is 1.88 bits per heavy atom. The van der Waals surface area contributed by atoms with Gasteiger partial charge in [-0.15, -0.1) is 0 Å². The molecule has 0 N–H and O–H groups in total. The first-order valence-electron chi connectivity index (χ1n) is 5.33. The molecule has 0 spiro atoms. The van der Waals surface area contributed by atoms with Crippen molar-refractivity contribution in [2.24, 2.45) is 5.92 Å². The number of hydrogen-bond acceptors (Lipinski definition) is 3. The maximum Gasteiger partial charge on any atom is 0.316 e. The van der Waals surface area contributed by atoms with Gasteiger partial charge in [-0.1, -0.05) is 37.3 Å². The molecule has 16 heavy (non-hydrogen) atoms. The molecule has 0 aliphatic rings. The average Bonchev–Trinajstić information content (AvgIpc) is 2.31. The van der Waals surface area contributed by atoms with E-state index in [9.17, 15) is 9.59 Å². The number of methoxy groups -OCH3 is 1. The Morgan fingerprint density at radius 3 is 2.38 bits per heavy atom. The molecule has 86 valence electrons. The summed E-state index contributed by atoms with van der Waals surface area (Å²) in [6.07, 6.45) is 0.771. The highest BCUT2D eigenvalue weighted by molar-refractivity contribution is 5.99. The Balaban J connectivity index is 2.67. The smallest absolute Gasteiger partial charge is 0.316 e. The first-order valence-corrected chi connectivity index (χ1v) is 5.33. The summed E-state index contributed by atoms with van der Waals surface area (Å²) in [6.45, 7) is 1.81. The Bertz CT molecular complexity index is 357. The molecule has 1 aromatic rings. The van der Waals surface area contributed by atoms with Gasteiger partial charge >= 0.3 is 5.97 Å². The molecule has 0 aliphatic heterocycles. The normalized spacial score (nSPS) is 11.9. The van der Waals surface area contributed by atoms with Crippen molar-refractivity contribution in [3.8, 4) is 0 Å². The van der Waals surface area contributed by atoms with Gasteiger partial charge in [0.2, 0.25) is 0 Å². The van der Waals surface area contributed by atoms with Crippen LogP contribution in [0, 0.1) is 5.92 Å². The van der Waals surface area contributed by atoms with E-state index in [0.29, 0.717) is 6.42 Å². The van der Waals surface area contributed by atoms with Gasteiger partial charge in [0.05, 0.1) is 7.11 Å². The summed E-state index contributed by atoms with van der Waals surface area (Å²) < 4.78 is 4.60. The van der Waals surface area contributed by atoms with E-state index in [1.54, 1.807) is 0 Å². The largest absolute Gasteiger partial charge is 0.468 e. The summed E-state index contributed by atoms with van der Waals surface area (Å²) >= 11 is 0. The maximum absolute atomic E-state index is 11.8. The summed E-state index contributed by atoms with van der Waals surface area (Å²) in [6, 6.07) is 9.40. The Labute approximate surface area is 95.4 Å². The molecule has 0 saturated heterocycles. The average molecular weight is 220 g/mol. The van der Waals surface area contributed by atoms with Gasteiger partial charge in [0.25, 0.3) is 0 Å². The fourth-order valence-electron chi connectivity index (χ4n) is 1.59. The molecular formula is C13H16O3. The molecule has 1 atom stereocenters. The van der Waals surface area contributed by atoms with Gasteiger partial charge in [0.1, 0.15) is 5.92 Å². The number of ketones is 1. The molecule has 0 saturated carbocycles. The lowest BCUT2D eigenvalue weighted by Gasteiger charge is -2.10. The van der Waals surface area contributed by atoms with Crippen molar-refractivity contribution < 1.29 is 14.3 Å². The van der Waals surface area contributed by atoms with E-state index in [2.05, 4.69) is 4.74 Å². The molecule has 0 heterocycles. The minimum absolute atomic E-state index is 0.0828. The topological polar surface area (TPSA) is 43.4 Å². The van der Waals surface area contributed by atoms with E-state index in [4.69, 9.17) is 0 Å². The van der Waals surface area contributed by atoms with Crippen LogP contribution >= 0.6 is 0 Å². The number of hydrogen-bond donors (Lipinski definition) is 0. The van der Waals surface area contributed by atoms with Gasteiger partial charge < -0.3 is 4.74 Å². The molecule has 3 nitrogen and oxygen atoms in total. The van der Waals surface area contributed by atoms with E-state index in [-0.39, 0.29) is 12.2 Å². The van der Waals surface area contributed by atoms with Gasteiger partial charge in [-0.05, 0) is 12.0 Å². The fourth-order valence-corrected chi connectivity index (χ4v) is 1.59. The van der Waals surface area contributed by atoms with Crippen LogP contribution in [0.2, 0.25) is 0 Å². The van der Waals surface area contributed by atoms with Crippen LogP contribution in [0.1, 0.15) is 18.9 Å².